The first-order chi connectivity index (χ1) is 19.2. The minimum Gasteiger partial charge on any atom is -0.320 e. The highest BCUT2D eigenvalue weighted by Gasteiger charge is 2.17. The number of benzene rings is 2. The Balaban J connectivity index is 1.54. The molecule has 8 nitrogen and oxygen atoms in total. The number of hydrogen-bond donors (Lipinski definition) is 2. The molecule has 206 valence electrons. The van der Waals surface area contributed by atoms with E-state index in [0.717, 1.165) is 45.6 Å². The molecule has 2 N–H and O–H groups in total. The SMILES string of the molecule is CCC(C)c1cnc(C(=O)Nc2cccc(-c3cccc(CC(=O)c4cnc(C(C)NC)cn4)c3C)c2C)cn1. The standard InChI is InChI=1S/C32H36N6O2/c1-7-19(2)27-15-37-30(18-34-27)32(40)38-26-13-9-12-25(21(26)4)24-11-8-10-23(20(24)3)14-31(39)29-17-35-28(16-36-29)22(5)33-6/h8-13,15-19,22,33H,7,14H2,1-6H3,(H,38,40). The Morgan fingerprint density at radius 3 is 2.05 bits per heavy atom. The van der Waals surface area contributed by atoms with Crippen LogP contribution in [0, 0.1) is 13.8 Å². The molecule has 2 atom stereocenters. The minimum atomic E-state index is -0.309. The lowest BCUT2D eigenvalue weighted by atomic mass is 9.91. The Kier molecular flexibility index (Phi) is 9.11. The van der Waals surface area contributed by atoms with Crippen molar-refractivity contribution >= 4 is 17.4 Å². The van der Waals surface area contributed by atoms with Gasteiger partial charge in [-0.05, 0) is 74.0 Å². The van der Waals surface area contributed by atoms with Gasteiger partial charge in [0.25, 0.3) is 5.91 Å². The van der Waals surface area contributed by atoms with E-state index in [1.54, 1.807) is 18.6 Å². The number of carbonyl (C=O) groups excluding carboxylic acids is 2. The van der Waals surface area contributed by atoms with Gasteiger partial charge in [-0.2, -0.15) is 0 Å². The highest BCUT2D eigenvalue weighted by Crippen LogP contribution is 2.32. The van der Waals surface area contributed by atoms with Crippen molar-refractivity contribution in [3.63, 3.8) is 0 Å². The molecule has 0 aliphatic carbocycles. The molecule has 0 spiro atoms. The second-order valence-electron chi connectivity index (χ2n) is 10.1. The lowest BCUT2D eigenvalue weighted by molar-refractivity contribution is 0.0985. The van der Waals surface area contributed by atoms with E-state index < -0.39 is 0 Å². The lowest BCUT2D eigenvalue weighted by Gasteiger charge is -2.16. The second-order valence-corrected chi connectivity index (χ2v) is 10.1. The van der Waals surface area contributed by atoms with Gasteiger partial charge in [0, 0.05) is 24.3 Å². The summed E-state index contributed by atoms with van der Waals surface area (Å²) in [4.78, 5) is 43.5. The van der Waals surface area contributed by atoms with Crippen LogP contribution < -0.4 is 10.6 Å². The van der Waals surface area contributed by atoms with Crippen LogP contribution in [-0.4, -0.2) is 38.7 Å². The highest BCUT2D eigenvalue weighted by atomic mass is 16.2. The third-order valence-electron chi connectivity index (χ3n) is 7.53. The Hall–Kier alpha value is -4.30. The Bertz CT molecular complexity index is 1380. The van der Waals surface area contributed by atoms with E-state index in [4.69, 9.17) is 0 Å². The highest BCUT2D eigenvalue weighted by molar-refractivity contribution is 6.03. The smallest absolute Gasteiger partial charge is 0.275 e. The molecule has 8 heteroatoms. The number of carbonyl (C=O) groups is 2. The number of hydrogen-bond acceptors (Lipinski definition) is 7. The van der Waals surface area contributed by atoms with Crippen LogP contribution in [0.3, 0.4) is 0 Å². The molecule has 4 rings (SSSR count). The zero-order valence-electron chi connectivity index (χ0n) is 23.9. The fraction of sp³-hybridized carbons (Fsp3) is 0.312. The van der Waals surface area contributed by atoms with Gasteiger partial charge in [0.1, 0.15) is 11.4 Å². The third-order valence-corrected chi connectivity index (χ3v) is 7.53. The monoisotopic (exact) mass is 536 g/mol. The van der Waals surface area contributed by atoms with Gasteiger partial charge in [-0.15, -0.1) is 0 Å². The van der Waals surface area contributed by atoms with Crippen LogP contribution >= 0.6 is 0 Å². The fourth-order valence-electron chi connectivity index (χ4n) is 4.45. The average molecular weight is 537 g/mol. The summed E-state index contributed by atoms with van der Waals surface area (Å²) in [5.74, 6) is -0.108. The first-order valence-electron chi connectivity index (χ1n) is 13.6. The lowest BCUT2D eigenvalue weighted by Crippen LogP contribution is -2.16. The number of ketones is 1. The molecule has 2 unspecified atom stereocenters. The summed E-state index contributed by atoms with van der Waals surface area (Å²) < 4.78 is 0. The summed E-state index contributed by atoms with van der Waals surface area (Å²) in [7, 11) is 1.85. The average Bonchev–Trinajstić information content (AvgIpc) is 2.98. The summed E-state index contributed by atoms with van der Waals surface area (Å²) in [5.41, 5.74) is 7.80. The maximum atomic E-state index is 13.0. The Labute approximate surface area is 235 Å². The molecule has 0 bridgehead atoms. The summed E-state index contributed by atoms with van der Waals surface area (Å²) in [5, 5.41) is 6.11. The molecule has 1 amide bonds. The molecule has 0 fully saturated rings. The van der Waals surface area contributed by atoms with Gasteiger partial charge in [-0.3, -0.25) is 19.6 Å². The summed E-state index contributed by atoms with van der Waals surface area (Å²) in [6.07, 6.45) is 7.57. The molecule has 2 aromatic carbocycles. The van der Waals surface area contributed by atoms with Crippen molar-refractivity contribution < 1.29 is 9.59 Å². The zero-order valence-corrected chi connectivity index (χ0v) is 23.9. The van der Waals surface area contributed by atoms with Crippen LogP contribution in [0.15, 0.2) is 61.2 Å². The molecule has 2 heterocycles. The van der Waals surface area contributed by atoms with Gasteiger partial charge >= 0.3 is 0 Å². The summed E-state index contributed by atoms with van der Waals surface area (Å²) >= 11 is 0. The maximum Gasteiger partial charge on any atom is 0.275 e. The van der Waals surface area contributed by atoms with E-state index in [0.29, 0.717) is 17.3 Å². The fourth-order valence-corrected chi connectivity index (χ4v) is 4.45. The normalized spacial score (nSPS) is 12.6. The van der Waals surface area contributed by atoms with Crippen molar-refractivity contribution in [2.75, 3.05) is 12.4 Å². The van der Waals surface area contributed by atoms with Crippen molar-refractivity contribution in [3.05, 3.63) is 101 Å². The Morgan fingerprint density at radius 2 is 1.43 bits per heavy atom. The number of rotatable bonds is 10. The Morgan fingerprint density at radius 1 is 0.800 bits per heavy atom. The van der Waals surface area contributed by atoms with Gasteiger partial charge < -0.3 is 10.6 Å². The van der Waals surface area contributed by atoms with Crippen LogP contribution in [0.25, 0.3) is 11.1 Å². The molecule has 4 aromatic rings. The van der Waals surface area contributed by atoms with E-state index in [1.807, 2.05) is 64.2 Å². The molecule has 0 aliphatic rings. The minimum absolute atomic E-state index is 0.0578. The molecule has 2 aromatic heterocycles. The van der Waals surface area contributed by atoms with Gasteiger partial charge in [-0.25, -0.2) is 9.97 Å². The van der Waals surface area contributed by atoms with Gasteiger partial charge in [0.05, 0.1) is 30.0 Å². The number of nitrogens with one attached hydrogen (secondary N) is 2. The zero-order chi connectivity index (χ0) is 28.8. The predicted octanol–water partition coefficient (Wildman–Crippen LogP) is 6.02. The number of amides is 1. The third kappa shape index (κ3) is 6.29. The predicted molar refractivity (Wildman–Crippen MR) is 158 cm³/mol. The molecular weight excluding hydrogens is 500 g/mol. The van der Waals surface area contributed by atoms with Crippen molar-refractivity contribution in [3.8, 4) is 11.1 Å². The van der Waals surface area contributed by atoms with Crippen LogP contribution in [0.4, 0.5) is 5.69 Å². The summed E-state index contributed by atoms with van der Waals surface area (Å²) in [6.45, 7) is 10.2. The number of aromatic nitrogens is 4. The van der Waals surface area contributed by atoms with Crippen LogP contribution in [0.2, 0.25) is 0 Å². The van der Waals surface area contributed by atoms with Crippen LogP contribution in [0.1, 0.15) is 88.2 Å². The largest absolute Gasteiger partial charge is 0.320 e. The molecule has 40 heavy (non-hydrogen) atoms. The number of Topliss-reactive ketones (excluding diaryl/α,β-unsaturated/α-hetero) is 1. The number of anilines is 1. The second kappa shape index (κ2) is 12.7. The number of nitrogens with zero attached hydrogens (tertiary/aromatic N) is 4. The summed E-state index contributed by atoms with van der Waals surface area (Å²) in [6, 6.07) is 11.8. The molecule has 0 saturated carbocycles. The van der Waals surface area contributed by atoms with E-state index in [-0.39, 0.29) is 29.8 Å². The van der Waals surface area contributed by atoms with Crippen molar-refractivity contribution in [2.45, 2.75) is 59.4 Å². The molecular formula is C32H36N6O2. The van der Waals surface area contributed by atoms with Gasteiger partial charge in [0.15, 0.2) is 5.78 Å². The van der Waals surface area contributed by atoms with Crippen molar-refractivity contribution in [1.82, 2.24) is 25.3 Å². The quantitative estimate of drug-likeness (QED) is 0.238. The van der Waals surface area contributed by atoms with Crippen LogP contribution in [0.5, 0.6) is 0 Å². The first-order valence-corrected chi connectivity index (χ1v) is 13.6. The van der Waals surface area contributed by atoms with E-state index in [2.05, 4.69) is 44.4 Å². The topological polar surface area (TPSA) is 110 Å². The first kappa shape index (κ1) is 28.7. The maximum absolute atomic E-state index is 13.0. The molecule has 0 radical (unpaired) electrons. The van der Waals surface area contributed by atoms with Crippen LogP contribution in [-0.2, 0) is 6.42 Å². The molecule has 0 aliphatic heterocycles. The van der Waals surface area contributed by atoms with E-state index >= 15 is 0 Å². The van der Waals surface area contributed by atoms with Crippen molar-refractivity contribution in [1.29, 1.82) is 0 Å². The molecule has 0 saturated heterocycles. The van der Waals surface area contributed by atoms with Crippen molar-refractivity contribution in [2.24, 2.45) is 0 Å². The van der Waals surface area contributed by atoms with Gasteiger partial charge in [0.2, 0.25) is 0 Å². The van der Waals surface area contributed by atoms with E-state index in [1.165, 1.54) is 6.20 Å². The van der Waals surface area contributed by atoms with E-state index in [9.17, 15) is 9.59 Å². The van der Waals surface area contributed by atoms with Gasteiger partial charge in [-0.1, -0.05) is 44.2 Å².